The van der Waals surface area contributed by atoms with E-state index in [-0.39, 0.29) is 17.9 Å². The molecule has 0 atom stereocenters. The molecule has 0 aromatic heterocycles. The van der Waals surface area contributed by atoms with E-state index >= 15 is 0 Å². The van der Waals surface area contributed by atoms with Crippen molar-refractivity contribution in [2.24, 2.45) is 5.10 Å². The number of amides is 1. The van der Waals surface area contributed by atoms with Crippen molar-refractivity contribution < 1.29 is 9.53 Å². The fourth-order valence-electron chi connectivity index (χ4n) is 2.18. The summed E-state index contributed by atoms with van der Waals surface area (Å²) in [5.74, 6) is 2.77. The highest BCUT2D eigenvalue weighted by Crippen LogP contribution is 2.22. The second kappa shape index (κ2) is 8.16. The summed E-state index contributed by atoms with van der Waals surface area (Å²) in [7, 11) is 0. The summed E-state index contributed by atoms with van der Waals surface area (Å²) in [6, 6.07) is 14.9. The maximum atomic E-state index is 12.2. The lowest BCUT2D eigenvalue weighted by atomic mass is 9.87. The third kappa shape index (κ3) is 5.22. The Kier molecular flexibility index (Phi) is 5.97. The van der Waals surface area contributed by atoms with E-state index in [0.29, 0.717) is 11.3 Å². The lowest BCUT2D eigenvalue weighted by molar-refractivity contribution is 0.0955. The van der Waals surface area contributed by atoms with Gasteiger partial charge in [0.2, 0.25) is 0 Å². The molecule has 0 aliphatic carbocycles. The van der Waals surface area contributed by atoms with Crippen LogP contribution in [0.15, 0.2) is 53.6 Å². The standard InChI is InChI=1S/C21H22N2O2/c1-5-14-25-19-9-7-6-8-17(19)15-22-23-20(24)16-10-12-18(13-11-16)21(2,3)4/h1,6-13,15H,14H2,2-4H3,(H,23,24)/b22-15-. The molecule has 0 saturated heterocycles. The minimum atomic E-state index is -0.265. The number of hydrogen-bond acceptors (Lipinski definition) is 3. The van der Waals surface area contributed by atoms with Crippen molar-refractivity contribution in [3.63, 3.8) is 0 Å². The van der Waals surface area contributed by atoms with Crippen LogP contribution in [0.5, 0.6) is 5.75 Å². The van der Waals surface area contributed by atoms with Gasteiger partial charge in [-0.2, -0.15) is 5.10 Å². The van der Waals surface area contributed by atoms with Gasteiger partial charge in [-0.1, -0.05) is 51.0 Å². The van der Waals surface area contributed by atoms with Crippen molar-refractivity contribution in [2.45, 2.75) is 26.2 Å². The lowest BCUT2D eigenvalue weighted by Crippen LogP contribution is -2.18. The van der Waals surface area contributed by atoms with E-state index in [9.17, 15) is 4.79 Å². The molecule has 0 radical (unpaired) electrons. The number of hydrogen-bond donors (Lipinski definition) is 1. The molecule has 4 nitrogen and oxygen atoms in total. The van der Waals surface area contributed by atoms with Gasteiger partial charge in [0.15, 0.2) is 0 Å². The quantitative estimate of drug-likeness (QED) is 0.514. The Morgan fingerprint density at radius 3 is 2.52 bits per heavy atom. The molecule has 0 spiro atoms. The van der Waals surface area contributed by atoms with Gasteiger partial charge in [0.05, 0.1) is 6.21 Å². The van der Waals surface area contributed by atoms with Crippen molar-refractivity contribution in [2.75, 3.05) is 6.61 Å². The van der Waals surface area contributed by atoms with Crippen LogP contribution in [0.25, 0.3) is 0 Å². The van der Waals surface area contributed by atoms with E-state index < -0.39 is 0 Å². The van der Waals surface area contributed by atoms with E-state index in [2.05, 4.69) is 37.2 Å². The first-order valence-electron chi connectivity index (χ1n) is 8.01. The van der Waals surface area contributed by atoms with Crippen molar-refractivity contribution in [1.29, 1.82) is 0 Å². The number of carbonyl (C=O) groups is 1. The van der Waals surface area contributed by atoms with E-state index in [4.69, 9.17) is 11.2 Å². The van der Waals surface area contributed by atoms with E-state index in [0.717, 1.165) is 5.56 Å². The topological polar surface area (TPSA) is 50.7 Å². The number of rotatable bonds is 5. The molecular formula is C21H22N2O2. The summed E-state index contributed by atoms with van der Waals surface area (Å²) in [6.45, 7) is 6.57. The highest BCUT2D eigenvalue weighted by Gasteiger charge is 2.14. The van der Waals surface area contributed by atoms with E-state index in [1.807, 2.05) is 30.3 Å². The Hall–Kier alpha value is -3.06. The number of benzene rings is 2. The Morgan fingerprint density at radius 2 is 1.88 bits per heavy atom. The monoisotopic (exact) mass is 334 g/mol. The van der Waals surface area contributed by atoms with Gasteiger partial charge in [-0.25, -0.2) is 5.43 Å². The lowest BCUT2D eigenvalue weighted by Gasteiger charge is -2.18. The SMILES string of the molecule is C#CCOc1ccccc1/C=N\NC(=O)c1ccc(C(C)(C)C)cc1. The average molecular weight is 334 g/mol. The molecule has 2 aromatic carbocycles. The summed E-state index contributed by atoms with van der Waals surface area (Å²) in [5.41, 5.74) is 5.04. The van der Waals surface area contributed by atoms with Crippen LogP contribution in [0.3, 0.4) is 0 Å². The number of nitrogens with zero attached hydrogens (tertiary/aromatic N) is 1. The third-order valence-electron chi connectivity index (χ3n) is 3.61. The minimum Gasteiger partial charge on any atom is -0.480 e. The van der Waals surface area contributed by atoms with Crippen LogP contribution in [0, 0.1) is 12.3 Å². The molecule has 128 valence electrons. The maximum absolute atomic E-state index is 12.2. The molecule has 1 N–H and O–H groups in total. The second-order valence-corrected chi connectivity index (χ2v) is 6.56. The van der Waals surface area contributed by atoms with Gasteiger partial charge in [-0.3, -0.25) is 4.79 Å². The normalized spacial score (nSPS) is 11.1. The van der Waals surface area contributed by atoms with Crippen LogP contribution in [-0.2, 0) is 5.41 Å². The molecule has 2 rings (SSSR count). The second-order valence-electron chi connectivity index (χ2n) is 6.56. The molecule has 0 unspecified atom stereocenters. The first-order chi connectivity index (χ1) is 11.9. The van der Waals surface area contributed by atoms with Crippen molar-refractivity contribution >= 4 is 12.1 Å². The largest absolute Gasteiger partial charge is 0.480 e. The molecule has 2 aromatic rings. The Labute approximate surface area is 148 Å². The van der Waals surface area contributed by atoms with Crippen LogP contribution < -0.4 is 10.2 Å². The zero-order valence-corrected chi connectivity index (χ0v) is 14.7. The number of terminal acetylenes is 1. The molecule has 0 heterocycles. The molecule has 0 aliphatic heterocycles. The predicted octanol–water partition coefficient (Wildman–Crippen LogP) is 3.76. The summed E-state index contributed by atoms with van der Waals surface area (Å²) in [5, 5.41) is 4.00. The van der Waals surface area contributed by atoms with Crippen LogP contribution in [0.2, 0.25) is 0 Å². The zero-order valence-electron chi connectivity index (χ0n) is 14.7. The number of hydrazone groups is 1. The van der Waals surface area contributed by atoms with E-state index in [1.165, 1.54) is 11.8 Å². The number of ether oxygens (including phenoxy) is 1. The Morgan fingerprint density at radius 1 is 1.20 bits per heavy atom. The number of carbonyl (C=O) groups excluding carboxylic acids is 1. The minimum absolute atomic E-state index is 0.0508. The number of para-hydroxylation sites is 1. The summed E-state index contributed by atoms with van der Waals surface area (Å²) >= 11 is 0. The molecular weight excluding hydrogens is 312 g/mol. The van der Waals surface area contributed by atoms with Gasteiger partial charge in [-0.05, 0) is 35.2 Å². The van der Waals surface area contributed by atoms with Crippen LogP contribution in [0.4, 0.5) is 0 Å². The van der Waals surface area contributed by atoms with Crippen LogP contribution in [0.1, 0.15) is 42.3 Å². The van der Waals surface area contributed by atoms with Crippen molar-refractivity contribution in [3.05, 3.63) is 65.2 Å². The fourth-order valence-corrected chi connectivity index (χ4v) is 2.18. The predicted molar refractivity (Wildman–Crippen MR) is 101 cm³/mol. The van der Waals surface area contributed by atoms with Crippen LogP contribution in [-0.4, -0.2) is 18.7 Å². The zero-order chi connectivity index (χ0) is 18.3. The van der Waals surface area contributed by atoms with Crippen molar-refractivity contribution in [3.8, 4) is 18.1 Å². The van der Waals surface area contributed by atoms with Gasteiger partial charge < -0.3 is 4.74 Å². The summed E-state index contributed by atoms with van der Waals surface area (Å²) in [6.07, 6.45) is 6.74. The van der Waals surface area contributed by atoms with Gasteiger partial charge in [-0.15, -0.1) is 6.42 Å². The molecule has 25 heavy (non-hydrogen) atoms. The first kappa shape index (κ1) is 18.3. The first-order valence-corrected chi connectivity index (χ1v) is 8.01. The van der Waals surface area contributed by atoms with Gasteiger partial charge >= 0.3 is 0 Å². The van der Waals surface area contributed by atoms with Gasteiger partial charge in [0.25, 0.3) is 5.91 Å². The molecule has 0 saturated carbocycles. The highest BCUT2D eigenvalue weighted by molar-refractivity contribution is 5.95. The molecule has 0 bridgehead atoms. The average Bonchev–Trinajstić information content (AvgIpc) is 2.60. The van der Waals surface area contributed by atoms with Crippen LogP contribution >= 0.6 is 0 Å². The molecule has 1 amide bonds. The van der Waals surface area contributed by atoms with Crippen molar-refractivity contribution in [1.82, 2.24) is 5.43 Å². The van der Waals surface area contributed by atoms with E-state index in [1.54, 1.807) is 18.2 Å². The van der Waals surface area contributed by atoms with Gasteiger partial charge in [0, 0.05) is 11.1 Å². The maximum Gasteiger partial charge on any atom is 0.271 e. The molecule has 4 heteroatoms. The highest BCUT2D eigenvalue weighted by atomic mass is 16.5. The molecule has 0 fully saturated rings. The number of nitrogens with one attached hydrogen (secondary N) is 1. The smallest absolute Gasteiger partial charge is 0.271 e. The fraction of sp³-hybridized carbons (Fsp3) is 0.238. The Bertz CT molecular complexity index is 794. The van der Waals surface area contributed by atoms with Gasteiger partial charge in [0.1, 0.15) is 12.4 Å². The Balaban J connectivity index is 2.03. The summed E-state index contributed by atoms with van der Waals surface area (Å²) < 4.78 is 5.43. The third-order valence-corrected chi connectivity index (χ3v) is 3.61. The summed E-state index contributed by atoms with van der Waals surface area (Å²) in [4.78, 5) is 12.2. The molecule has 0 aliphatic rings.